The number of pyridine rings is 3. The minimum atomic E-state index is -0.123. The Morgan fingerprint density at radius 1 is 1.07 bits per heavy atom. The highest BCUT2D eigenvalue weighted by Gasteiger charge is 2.23. The zero-order chi connectivity index (χ0) is 21.5. The molecular formula is C21H25N9. The van der Waals surface area contributed by atoms with Crippen LogP contribution >= 0.6 is 0 Å². The molecule has 0 saturated carbocycles. The van der Waals surface area contributed by atoms with Crippen molar-refractivity contribution in [3.05, 3.63) is 48.4 Å². The van der Waals surface area contributed by atoms with Crippen LogP contribution in [0.4, 0.5) is 17.5 Å². The van der Waals surface area contributed by atoms with Gasteiger partial charge in [0.05, 0.1) is 11.9 Å². The van der Waals surface area contributed by atoms with E-state index in [4.69, 9.17) is 5.73 Å². The van der Waals surface area contributed by atoms with Gasteiger partial charge in [-0.15, -0.1) is 5.10 Å². The topological polar surface area (TPSA) is 111 Å². The molecule has 0 aromatic carbocycles. The summed E-state index contributed by atoms with van der Waals surface area (Å²) in [6.45, 7) is 4.34. The summed E-state index contributed by atoms with van der Waals surface area (Å²) in [7, 11) is 5.94. The second kappa shape index (κ2) is 7.34. The van der Waals surface area contributed by atoms with Crippen molar-refractivity contribution in [2.75, 3.05) is 25.1 Å². The highest BCUT2D eigenvalue weighted by molar-refractivity contribution is 5.94. The number of hydrogen-bond donors (Lipinski definition) is 2. The fourth-order valence-electron chi connectivity index (χ4n) is 3.16. The normalized spacial score (nSPS) is 11.9. The van der Waals surface area contributed by atoms with Crippen LogP contribution in [0.5, 0.6) is 0 Å². The predicted octanol–water partition coefficient (Wildman–Crippen LogP) is 2.94. The van der Waals surface area contributed by atoms with E-state index >= 15 is 0 Å². The second-order valence-corrected chi connectivity index (χ2v) is 7.93. The van der Waals surface area contributed by atoms with Crippen molar-refractivity contribution < 1.29 is 0 Å². The molecule has 0 amide bonds. The predicted molar refractivity (Wildman–Crippen MR) is 118 cm³/mol. The van der Waals surface area contributed by atoms with Gasteiger partial charge in [0.1, 0.15) is 23.1 Å². The third-order valence-corrected chi connectivity index (χ3v) is 5.56. The molecule has 154 valence electrons. The lowest BCUT2D eigenvalue weighted by Gasteiger charge is -2.33. The van der Waals surface area contributed by atoms with Crippen molar-refractivity contribution in [1.82, 2.24) is 34.8 Å². The van der Waals surface area contributed by atoms with E-state index in [0.717, 1.165) is 27.8 Å². The van der Waals surface area contributed by atoms with E-state index < -0.39 is 0 Å². The molecule has 4 aromatic heterocycles. The molecule has 3 N–H and O–H groups in total. The molecule has 0 saturated heterocycles. The van der Waals surface area contributed by atoms with Crippen LogP contribution in [0.2, 0.25) is 0 Å². The van der Waals surface area contributed by atoms with Crippen LogP contribution in [0.25, 0.3) is 22.2 Å². The van der Waals surface area contributed by atoms with Gasteiger partial charge in [0.15, 0.2) is 0 Å². The van der Waals surface area contributed by atoms with E-state index in [1.54, 1.807) is 23.3 Å². The summed E-state index contributed by atoms with van der Waals surface area (Å²) in [4.78, 5) is 15.6. The van der Waals surface area contributed by atoms with Gasteiger partial charge in [0.25, 0.3) is 0 Å². The number of fused-ring (bicyclic) bond motifs is 1. The Morgan fingerprint density at radius 3 is 2.53 bits per heavy atom. The van der Waals surface area contributed by atoms with E-state index in [2.05, 4.69) is 63.4 Å². The quantitative estimate of drug-likeness (QED) is 0.523. The van der Waals surface area contributed by atoms with Crippen LogP contribution in [0.3, 0.4) is 0 Å². The Balaban J connectivity index is 1.70. The number of nitrogen functional groups attached to an aromatic ring is 1. The molecule has 0 aliphatic rings. The first-order valence-electron chi connectivity index (χ1n) is 9.58. The van der Waals surface area contributed by atoms with Crippen LogP contribution in [-0.2, 0) is 12.6 Å². The molecule has 0 fully saturated rings. The van der Waals surface area contributed by atoms with Crippen molar-refractivity contribution in [1.29, 1.82) is 0 Å². The van der Waals surface area contributed by atoms with E-state index in [1.165, 1.54) is 0 Å². The van der Waals surface area contributed by atoms with Crippen LogP contribution in [0.15, 0.2) is 42.9 Å². The highest BCUT2D eigenvalue weighted by Crippen LogP contribution is 2.29. The molecule has 9 heteroatoms. The summed E-state index contributed by atoms with van der Waals surface area (Å²) in [5.41, 5.74) is 8.70. The number of rotatable bonds is 5. The summed E-state index contributed by atoms with van der Waals surface area (Å²) in [5, 5.41) is 12.9. The minimum Gasteiger partial charge on any atom is -0.383 e. The molecule has 0 aliphatic heterocycles. The van der Waals surface area contributed by atoms with Crippen LogP contribution in [-0.4, -0.2) is 48.9 Å². The molecule has 0 bridgehead atoms. The molecule has 4 heterocycles. The third-order valence-electron chi connectivity index (χ3n) is 5.56. The Labute approximate surface area is 175 Å². The van der Waals surface area contributed by atoms with Crippen LogP contribution in [0, 0.1) is 0 Å². The first-order chi connectivity index (χ1) is 14.3. The SMILES string of the molecule is CN(C)C(C)(C)c1ccnc(Nc2cc3cc(-c4cnnn4C)nc(N)c3cn2)c1. The summed E-state index contributed by atoms with van der Waals surface area (Å²) in [6.07, 6.45) is 5.19. The molecule has 4 aromatic rings. The summed E-state index contributed by atoms with van der Waals surface area (Å²) < 4.78 is 1.66. The van der Waals surface area contributed by atoms with Crippen LogP contribution in [0.1, 0.15) is 19.4 Å². The molecule has 4 rings (SSSR count). The summed E-state index contributed by atoms with van der Waals surface area (Å²) >= 11 is 0. The second-order valence-electron chi connectivity index (χ2n) is 7.93. The van der Waals surface area contributed by atoms with Gasteiger partial charge < -0.3 is 16.0 Å². The van der Waals surface area contributed by atoms with Gasteiger partial charge in [-0.25, -0.2) is 19.6 Å². The van der Waals surface area contributed by atoms with Crippen molar-refractivity contribution >= 4 is 28.2 Å². The van der Waals surface area contributed by atoms with Gasteiger partial charge in [-0.1, -0.05) is 5.21 Å². The lowest BCUT2D eigenvalue weighted by Crippen LogP contribution is -2.35. The molecule has 0 spiro atoms. The van der Waals surface area contributed by atoms with E-state index in [9.17, 15) is 0 Å². The highest BCUT2D eigenvalue weighted by atomic mass is 15.4. The number of aryl methyl sites for hydroxylation is 1. The number of nitrogens with two attached hydrogens (primary N) is 1. The van der Waals surface area contributed by atoms with E-state index in [0.29, 0.717) is 17.3 Å². The van der Waals surface area contributed by atoms with Crippen LogP contribution < -0.4 is 11.1 Å². The first-order valence-corrected chi connectivity index (χ1v) is 9.58. The molecule has 0 atom stereocenters. The fraction of sp³-hybridized carbons (Fsp3) is 0.286. The van der Waals surface area contributed by atoms with Gasteiger partial charge in [-0.2, -0.15) is 0 Å². The lowest BCUT2D eigenvalue weighted by atomic mass is 9.94. The number of nitrogens with one attached hydrogen (secondary N) is 1. The van der Waals surface area contributed by atoms with Crippen molar-refractivity contribution in [3.63, 3.8) is 0 Å². The zero-order valence-electron chi connectivity index (χ0n) is 17.7. The van der Waals surface area contributed by atoms with Crippen molar-refractivity contribution in [3.8, 4) is 11.4 Å². The number of anilines is 3. The van der Waals surface area contributed by atoms with Gasteiger partial charge >= 0.3 is 0 Å². The zero-order valence-corrected chi connectivity index (χ0v) is 17.7. The molecule has 0 radical (unpaired) electrons. The number of hydrogen-bond acceptors (Lipinski definition) is 8. The average molecular weight is 403 g/mol. The third kappa shape index (κ3) is 3.55. The van der Waals surface area contributed by atoms with Gasteiger partial charge in [-0.05, 0) is 63.2 Å². The van der Waals surface area contributed by atoms with Crippen molar-refractivity contribution in [2.45, 2.75) is 19.4 Å². The first kappa shape index (κ1) is 19.7. The molecule has 0 unspecified atom stereocenters. The Bertz CT molecular complexity index is 1210. The maximum Gasteiger partial charge on any atom is 0.133 e. The van der Waals surface area contributed by atoms with E-state index in [-0.39, 0.29) is 5.54 Å². The Morgan fingerprint density at radius 2 is 1.83 bits per heavy atom. The van der Waals surface area contributed by atoms with Gasteiger partial charge in [-0.3, -0.25) is 0 Å². The minimum absolute atomic E-state index is 0.123. The number of aromatic nitrogens is 6. The summed E-state index contributed by atoms with van der Waals surface area (Å²) in [6, 6.07) is 7.96. The molecule has 0 aliphatic carbocycles. The molecule has 9 nitrogen and oxygen atoms in total. The summed E-state index contributed by atoms with van der Waals surface area (Å²) in [5.74, 6) is 1.82. The lowest BCUT2D eigenvalue weighted by molar-refractivity contribution is 0.197. The van der Waals surface area contributed by atoms with Crippen molar-refractivity contribution in [2.24, 2.45) is 7.05 Å². The smallest absolute Gasteiger partial charge is 0.133 e. The largest absolute Gasteiger partial charge is 0.383 e. The average Bonchev–Trinajstić information content (AvgIpc) is 3.13. The van der Waals surface area contributed by atoms with E-state index in [1.807, 2.05) is 31.3 Å². The fourth-order valence-corrected chi connectivity index (χ4v) is 3.16. The Hall–Kier alpha value is -3.59. The maximum absolute atomic E-state index is 6.17. The molecular weight excluding hydrogens is 378 g/mol. The molecule has 30 heavy (non-hydrogen) atoms. The Kier molecular flexibility index (Phi) is 4.83. The monoisotopic (exact) mass is 403 g/mol. The standard InChI is InChI=1S/C21H25N9/c1-21(2,29(3)4)14-6-7-23-19(10-14)27-18-9-13-8-16(17-12-25-28-30(17)5)26-20(22)15(13)11-24-18/h6-12H,1-5H3,(H2,22,26)(H,23,24,27). The van der Waals surface area contributed by atoms with Gasteiger partial charge in [0, 0.05) is 30.4 Å². The van der Waals surface area contributed by atoms with Gasteiger partial charge in [0.2, 0.25) is 0 Å². The maximum atomic E-state index is 6.17. The number of nitrogens with zero attached hydrogens (tertiary/aromatic N) is 7.